The number of nitrogens with zero attached hydrogens (tertiary/aromatic N) is 10. The van der Waals surface area contributed by atoms with Crippen molar-refractivity contribution in [3.63, 3.8) is 0 Å². The standard InChI is InChI=1S/C46H39ClFN15O16S5/c1-5-80(65,66)26-11-9-25(10-12-26)52-45-57-42(48)56-44(59-45)50-22(2)21-49-43-54-41(47)55-46(58-43)53-31-14-13-30(28-7-6-8-37(40(28)31)82(70,71)72)60-62-34-19-32(51-23(3)64)33(20-36(34)79-4)61-63-35-18-29-24(16-39(35)84(76,77)78)15-27(81(67,68)69)17-38(29)83(73,74)75/h5-20,22H,1,21H2,2-4H3,(H,51,64)(H,67,68,69)(H,70,71,72)(H,73,74,75)(H,76,77,78)(H2,49,53,54,55,58)(H2,50,52,56,57,59). The van der Waals surface area contributed by atoms with E-state index in [0.717, 1.165) is 30.5 Å². The number of methoxy groups -OCH3 is 1. The minimum atomic E-state index is -5.29. The lowest BCUT2D eigenvalue weighted by molar-refractivity contribution is -0.114. The average molecular weight is 1270 g/mol. The van der Waals surface area contributed by atoms with Crippen LogP contribution in [0.3, 0.4) is 0 Å². The average Bonchev–Trinajstić information content (AvgIpc) is 1.12. The number of benzene rings is 6. The van der Waals surface area contributed by atoms with Crippen molar-refractivity contribution in [3.8, 4) is 5.75 Å². The number of anilines is 7. The lowest BCUT2D eigenvalue weighted by atomic mass is 10.1. The van der Waals surface area contributed by atoms with Crippen molar-refractivity contribution in [2.24, 2.45) is 20.5 Å². The minimum absolute atomic E-state index is 0.0136. The SMILES string of the molecule is C=CS(=O)(=O)c1ccc(Nc2nc(F)nc(NC(C)CNc3nc(Cl)nc(Nc4ccc(N=Nc5cc(NC(C)=O)c(N=Nc6cc7c(S(=O)(=O)O)cc(S(=O)(=O)O)cc7cc6S(=O)(=O)O)cc5OC)c5cccc(S(=O)(=O)O)c45)n3)n2)cc1. The summed E-state index contributed by atoms with van der Waals surface area (Å²) in [6, 6.07) is 16.1. The first kappa shape index (κ1) is 61.2. The fourth-order valence-corrected chi connectivity index (χ4v) is 11.2. The van der Waals surface area contributed by atoms with Gasteiger partial charge in [-0.05, 0) is 96.7 Å². The normalized spacial score (nSPS) is 12.8. The second-order valence-corrected chi connectivity index (χ2v) is 25.0. The van der Waals surface area contributed by atoms with Gasteiger partial charge in [0, 0.05) is 52.8 Å². The molecular formula is C46H39ClFN15O16S5. The first-order chi connectivity index (χ1) is 39.3. The number of carbonyl (C=O) groups excluding carboxylic acids is 1. The molecule has 8 rings (SSSR count). The lowest BCUT2D eigenvalue weighted by Crippen LogP contribution is -2.27. The molecule has 1 unspecified atom stereocenters. The van der Waals surface area contributed by atoms with Gasteiger partial charge >= 0.3 is 6.08 Å². The Bertz CT molecular complexity index is 4690. The number of ether oxygens (including phenoxy) is 1. The van der Waals surface area contributed by atoms with E-state index < -0.39 is 104 Å². The van der Waals surface area contributed by atoms with Gasteiger partial charge in [0.1, 0.15) is 37.5 Å². The van der Waals surface area contributed by atoms with Gasteiger partial charge in [-0.15, -0.1) is 20.5 Å². The molecule has 2 heterocycles. The lowest BCUT2D eigenvalue weighted by Gasteiger charge is -2.16. The number of amides is 1. The molecule has 2 aromatic heterocycles. The van der Waals surface area contributed by atoms with Crippen LogP contribution < -0.4 is 31.3 Å². The van der Waals surface area contributed by atoms with E-state index in [4.69, 9.17) is 16.3 Å². The van der Waals surface area contributed by atoms with Crippen LogP contribution in [0, 0.1) is 6.08 Å². The number of sulfone groups is 1. The maximum absolute atomic E-state index is 14.5. The van der Waals surface area contributed by atoms with Gasteiger partial charge < -0.3 is 31.3 Å². The molecular weight excluding hydrogens is 1230 g/mol. The molecule has 0 saturated carbocycles. The first-order valence-electron chi connectivity index (χ1n) is 23.1. The largest absolute Gasteiger partial charge is 0.494 e. The van der Waals surface area contributed by atoms with Crippen molar-refractivity contribution in [1.82, 2.24) is 29.9 Å². The van der Waals surface area contributed by atoms with Gasteiger partial charge in [0.25, 0.3) is 40.5 Å². The topological polar surface area (TPSA) is 465 Å². The Kier molecular flexibility index (Phi) is 17.3. The molecule has 1 amide bonds. The zero-order chi connectivity index (χ0) is 61.3. The molecule has 8 aromatic rings. The predicted octanol–water partition coefficient (Wildman–Crippen LogP) is 8.26. The molecule has 6 aromatic carbocycles. The zero-order valence-electron chi connectivity index (χ0n) is 42.7. The molecule has 38 heteroatoms. The summed E-state index contributed by atoms with van der Waals surface area (Å²) in [6.45, 7) is 6.08. The molecule has 1 atom stereocenters. The fraction of sp³-hybridized carbons (Fsp3) is 0.109. The van der Waals surface area contributed by atoms with E-state index in [1.54, 1.807) is 6.92 Å². The number of aromatic nitrogens is 6. The molecule has 0 fully saturated rings. The summed E-state index contributed by atoms with van der Waals surface area (Å²) >= 11 is 6.29. The van der Waals surface area contributed by atoms with Crippen molar-refractivity contribution in [3.05, 3.63) is 114 Å². The first-order valence-corrected chi connectivity index (χ1v) is 30.7. The Morgan fingerprint density at radius 3 is 1.90 bits per heavy atom. The van der Waals surface area contributed by atoms with Crippen LogP contribution in [-0.4, -0.2) is 116 Å². The number of carbonyl (C=O) groups is 1. The van der Waals surface area contributed by atoms with Crippen LogP contribution in [0.2, 0.25) is 5.28 Å². The molecule has 0 bridgehead atoms. The molecule has 438 valence electrons. The molecule has 9 N–H and O–H groups in total. The van der Waals surface area contributed by atoms with Gasteiger partial charge in [0.2, 0.25) is 35.0 Å². The quantitative estimate of drug-likeness (QED) is 0.0241. The van der Waals surface area contributed by atoms with Crippen LogP contribution in [0.25, 0.3) is 21.5 Å². The van der Waals surface area contributed by atoms with Crippen molar-refractivity contribution in [2.45, 2.75) is 44.4 Å². The molecule has 0 aliphatic carbocycles. The van der Waals surface area contributed by atoms with Crippen LogP contribution in [-0.2, 0) is 55.1 Å². The summed E-state index contributed by atoms with van der Waals surface area (Å²) in [7, 11) is -23.2. The second kappa shape index (κ2) is 23.7. The maximum Gasteiger partial charge on any atom is 0.315 e. The third kappa shape index (κ3) is 14.5. The highest BCUT2D eigenvalue weighted by atomic mass is 35.5. The number of halogens is 2. The zero-order valence-corrected chi connectivity index (χ0v) is 47.5. The second-order valence-electron chi connectivity index (χ2n) is 17.2. The van der Waals surface area contributed by atoms with Crippen molar-refractivity contribution < 1.29 is 74.2 Å². The van der Waals surface area contributed by atoms with Crippen molar-refractivity contribution in [1.29, 1.82) is 0 Å². The summed E-state index contributed by atoms with van der Waals surface area (Å²) in [5.74, 6) is -1.57. The molecule has 0 saturated heterocycles. The van der Waals surface area contributed by atoms with Gasteiger partial charge in [-0.25, -0.2) is 8.42 Å². The highest BCUT2D eigenvalue weighted by Crippen LogP contribution is 2.43. The van der Waals surface area contributed by atoms with E-state index in [2.05, 4.69) is 83.5 Å². The van der Waals surface area contributed by atoms with E-state index in [9.17, 15) is 69.5 Å². The summed E-state index contributed by atoms with van der Waals surface area (Å²) in [6.07, 6.45) is -1.15. The van der Waals surface area contributed by atoms with E-state index >= 15 is 0 Å². The molecule has 0 aliphatic heterocycles. The number of nitrogens with one attached hydrogen (secondary N) is 5. The van der Waals surface area contributed by atoms with Crippen LogP contribution in [0.5, 0.6) is 5.75 Å². The van der Waals surface area contributed by atoms with Crippen LogP contribution in [0.4, 0.5) is 68.0 Å². The Hall–Kier alpha value is -8.92. The summed E-state index contributed by atoms with van der Waals surface area (Å²) in [4.78, 5) is 32.6. The Balaban J connectivity index is 1.07. The number of azo groups is 2. The summed E-state index contributed by atoms with van der Waals surface area (Å²) in [5, 5.41) is 29.7. The summed E-state index contributed by atoms with van der Waals surface area (Å²) in [5.41, 5.74) is -1.08. The molecule has 31 nitrogen and oxygen atoms in total. The van der Waals surface area contributed by atoms with Crippen LogP contribution >= 0.6 is 11.6 Å². The summed E-state index contributed by atoms with van der Waals surface area (Å²) < 4.78 is 184. The van der Waals surface area contributed by atoms with Gasteiger partial charge in [-0.2, -0.15) is 68.0 Å². The van der Waals surface area contributed by atoms with Gasteiger partial charge in [0.05, 0.1) is 34.0 Å². The third-order valence-electron chi connectivity index (χ3n) is 11.3. The molecule has 0 radical (unpaired) electrons. The van der Waals surface area contributed by atoms with Gasteiger partial charge in [0.15, 0.2) is 9.84 Å². The Morgan fingerprint density at radius 1 is 0.643 bits per heavy atom. The van der Waals surface area contributed by atoms with Crippen molar-refractivity contribution in [2.75, 3.05) is 40.2 Å². The highest BCUT2D eigenvalue weighted by Gasteiger charge is 2.26. The monoisotopic (exact) mass is 1270 g/mol. The third-order valence-corrected chi connectivity index (χ3v) is 16.3. The number of fused-ring (bicyclic) bond motifs is 2. The predicted molar refractivity (Wildman–Crippen MR) is 299 cm³/mol. The van der Waals surface area contributed by atoms with Gasteiger partial charge in [-0.1, -0.05) is 18.7 Å². The van der Waals surface area contributed by atoms with Crippen molar-refractivity contribution >= 4 is 153 Å². The molecule has 84 heavy (non-hydrogen) atoms. The fourth-order valence-electron chi connectivity index (χ4n) is 7.66. The van der Waals surface area contributed by atoms with E-state index in [1.165, 1.54) is 61.7 Å². The molecule has 0 aliphatic rings. The highest BCUT2D eigenvalue weighted by molar-refractivity contribution is 7.94. The number of hydrogen-bond acceptors (Lipinski definition) is 26. The maximum atomic E-state index is 14.5. The van der Waals surface area contributed by atoms with E-state index in [-0.39, 0.29) is 85.5 Å². The van der Waals surface area contributed by atoms with Gasteiger partial charge in [-0.3, -0.25) is 23.0 Å². The Labute approximate surface area is 479 Å². The number of hydrogen-bond donors (Lipinski definition) is 9. The van der Waals surface area contributed by atoms with Crippen LogP contribution in [0.15, 0.2) is 148 Å². The smallest absolute Gasteiger partial charge is 0.315 e. The van der Waals surface area contributed by atoms with E-state index in [0.29, 0.717) is 23.9 Å². The van der Waals surface area contributed by atoms with E-state index in [1.807, 2.05) is 0 Å². The minimum Gasteiger partial charge on any atom is -0.494 e. The number of rotatable bonds is 21. The Morgan fingerprint density at radius 2 is 1.26 bits per heavy atom. The molecule has 0 spiro atoms. The van der Waals surface area contributed by atoms with Crippen LogP contribution in [0.1, 0.15) is 13.8 Å².